The summed E-state index contributed by atoms with van der Waals surface area (Å²) < 4.78 is 31.9. The molecule has 0 saturated carbocycles. The third kappa shape index (κ3) is 5.07. The lowest BCUT2D eigenvalue weighted by molar-refractivity contribution is 0.132. The molecule has 10 heteroatoms. The van der Waals surface area contributed by atoms with Crippen LogP contribution in [0.3, 0.4) is 0 Å². The highest BCUT2D eigenvalue weighted by Crippen LogP contribution is 2.34. The smallest absolute Gasteiger partial charge is 0.229 e. The van der Waals surface area contributed by atoms with Gasteiger partial charge in [0.25, 0.3) is 0 Å². The molecule has 8 nitrogen and oxygen atoms in total. The first-order chi connectivity index (χ1) is 19.0. The van der Waals surface area contributed by atoms with Crippen molar-refractivity contribution >= 4 is 22.8 Å². The van der Waals surface area contributed by atoms with Crippen LogP contribution in [0.4, 0.5) is 20.5 Å². The summed E-state index contributed by atoms with van der Waals surface area (Å²) in [5, 5.41) is 3.04. The van der Waals surface area contributed by atoms with E-state index in [0.717, 1.165) is 76.1 Å². The van der Waals surface area contributed by atoms with Gasteiger partial charge in [0.05, 0.1) is 17.8 Å². The Morgan fingerprint density at radius 1 is 1.03 bits per heavy atom. The summed E-state index contributed by atoms with van der Waals surface area (Å²) in [6, 6.07) is 6.62. The quantitative estimate of drug-likeness (QED) is 0.368. The lowest BCUT2D eigenvalue weighted by atomic mass is 10.0. The van der Waals surface area contributed by atoms with E-state index < -0.39 is 11.6 Å². The summed E-state index contributed by atoms with van der Waals surface area (Å²) in [5.41, 5.74) is 2.17. The molecule has 0 spiro atoms. The highest BCUT2D eigenvalue weighted by molar-refractivity contribution is 5.83. The standard InChI is InChI=1S/C29H30F2N8/c1-3-21-6-5-7-26-35-28-22(30)14-20(15-24(28)39(21)26)27-23(31)17-33-29(36-27)34-25-9-8-19(16-32-25)18-38-12-10-37(4-2)11-13-38/h1,8-9,14-17,21H,4-7,10-13,18H2,2H3,(H,32,33,34,36)/t21-/m1/s1. The summed E-state index contributed by atoms with van der Waals surface area (Å²) in [6.45, 7) is 8.36. The van der Waals surface area contributed by atoms with Crippen LogP contribution in [0.15, 0.2) is 36.7 Å². The van der Waals surface area contributed by atoms with E-state index in [4.69, 9.17) is 6.42 Å². The average molecular weight is 529 g/mol. The van der Waals surface area contributed by atoms with Gasteiger partial charge in [0, 0.05) is 50.9 Å². The van der Waals surface area contributed by atoms with Crippen molar-refractivity contribution in [3.63, 3.8) is 0 Å². The van der Waals surface area contributed by atoms with E-state index in [0.29, 0.717) is 16.9 Å². The van der Waals surface area contributed by atoms with Crippen molar-refractivity contribution in [1.29, 1.82) is 0 Å². The molecular weight excluding hydrogens is 498 g/mol. The first-order valence-corrected chi connectivity index (χ1v) is 13.4. The number of imidazole rings is 1. The Bertz CT molecular complexity index is 1530. The fourth-order valence-electron chi connectivity index (χ4n) is 5.46. The van der Waals surface area contributed by atoms with Gasteiger partial charge in [-0.15, -0.1) is 6.42 Å². The second kappa shape index (κ2) is 10.7. The van der Waals surface area contributed by atoms with E-state index in [1.54, 1.807) is 6.07 Å². The number of terminal acetylenes is 1. The van der Waals surface area contributed by atoms with Gasteiger partial charge in [0.15, 0.2) is 11.6 Å². The minimum absolute atomic E-state index is 0.0141. The summed E-state index contributed by atoms with van der Waals surface area (Å²) >= 11 is 0. The molecule has 0 bridgehead atoms. The summed E-state index contributed by atoms with van der Waals surface area (Å²) in [6.07, 6.45) is 11.1. The largest absolute Gasteiger partial charge is 0.313 e. The molecule has 1 atom stereocenters. The van der Waals surface area contributed by atoms with Crippen LogP contribution in [-0.2, 0) is 13.0 Å². The van der Waals surface area contributed by atoms with Crippen LogP contribution in [0.2, 0.25) is 0 Å². The van der Waals surface area contributed by atoms with E-state index in [-0.39, 0.29) is 23.2 Å². The van der Waals surface area contributed by atoms with Crippen molar-refractivity contribution in [2.75, 3.05) is 38.0 Å². The minimum Gasteiger partial charge on any atom is -0.313 e. The SMILES string of the molecule is C#C[C@@H]1CCCc2nc3c(F)cc(-c4nc(Nc5ccc(CN6CCN(CC)CC6)cn5)ncc4F)cc3n21. The molecule has 1 N–H and O–H groups in total. The van der Waals surface area contributed by atoms with E-state index in [1.807, 2.05) is 22.9 Å². The van der Waals surface area contributed by atoms with E-state index in [2.05, 4.69) is 47.9 Å². The maximum Gasteiger partial charge on any atom is 0.229 e. The van der Waals surface area contributed by atoms with Crippen molar-refractivity contribution < 1.29 is 8.78 Å². The van der Waals surface area contributed by atoms with E-state index >= 15 is 4.39 Å². The number of aromatic nitrogens is 5. The number of nitrogens with zero attached hydrogens (tertiary/aromatic N) is 7. The number of likely N-dealkylation sites (N-methyl/N-ethyl adjacent to an activating group) is 1. The van der Waals surface area contributed by atoms with Gasteiger partial charge in [-0.2, -0.15) is 0 Å². The summed E-state index contributed by atoms with van der Waals surface area (Å²) in [4.78, 5) is 22.3. The normalized spacial score (nSPS) is 18.2. The van der Waals surface area contributed by atoms with Gasteiger partial charge >= 0.3 is 0 Å². The molecule has 2 aliphatic rings. The highest BCUT2D eigenvalue weighted by Gasteiger charge is 2.25. The zero-order valence-electron chi connectivity index (χ0n) is 21.9. The fraction of sp³-hybridized carbons (Fsp3) is 0.379. The minimum atomic E-state index is -0.655. The van der Waals surface area contributed by atoms with Crippen LogP contribution in [-0.4, -0.2) is 67.0 Å². The molecule has 1 saturated heterocycles. The molecule has 4 aromatic rings. The van der Waals surface area contributed by atoms with Crippen molar-refractivity contribution in [1.82, 2.24) is 34.3 Å². The second-order valence-corrected chi connectivity index (χ2v) is 10.1. The third-order valence-electron chi connectivity index (χ3n) is 7.60. The van der Waals surface area contributed by atoms with Crippen molar-refractivity contribution in [2.45, 2.75) is 38.8 Å². The Morgan fingerprint density at radius 2 is 1.85 bits per heavy atom. The Labute approximate surface area is 226 Å². The van der Waals surface area contributed by atoms with Gasteiger partial charge in [0.2, 0.25) is 5.95 Å². The number of aryl methyl sites for hydroxylation is 1. The molecule has 1 aromatic carbocycles. The predicted molar refractivity (Wildman–Crippen MR) is 146 cm³/mol. The number of benzene rings is 1. The number of anilines is 2. The molecule has 0 radical (unpaired) electrons. The van der Waals surface area contributed by atoms with Crippen LogP contribution >= 0.6 is 0 Å². The number of hydrogen-bond donors (Lipinski definition) is 1. The maximum atomic E-state index is 15.1. The van der Waals surface area contributed by atoms with Gasteiger partial charge in [-0.25, -0.2) is 28.7 Å². The van der Waals surface area contributed by atoms with Crippen LogP contribution in [0.5, 0.6) is 0 Å². The number of rotatable bonds is 6. The number of pyridine rings is 1. The number of halogens is 2. The Hall–Kier alpha value is -3.94. The first-order valence-electron chi connectivity index (χ1n) is 13.4. The van der Waals surface area contributed by atoms with Crippen molar-refractivity contribution in [2.24, 2.45) is 0 Å². The van der Waals surface area contributed by atoms with Crippen LogP contribution in [0.25, 0.3) is 22.3 Å². The van der Waals surface area contributed by atoms with Crippen LogP contribution in [0, 0.1) is 24.0 Å². The molecule has 1 fully saturated rings. The Morgan fingerprint density at radius 3 is 2.59 bits per heavy atom. The molecule has 200 valence electrons. The van der Waals surface area contributed by atoms with E-state index in [9.17, 15) is 4.39 Å². The molecule has 5 heterocycles. The second-order valence-electron chi connectivity index (χ2n) is 10.1. The average Bonchev–Trinajstić information content (AvgIpc) is 3.35. The number of piperazine rings is 1. The third-order valence-corrected chi connectivity index (χ3v) is 7.60. The zero-order chi connectivity index (χ0) is 26.9. The Kier molecular flexibility index (Phi) is 6.94. The van der Waals surface area contributed by atoms with Gasteiger partial charge in [-0.3, -0.25) is 4.90 Å². The molecular formula is C29H30F2N8. The molecule has 3 aromatic heterocycles. The van der Waals surface area contributed by atoms with Crippen LogP contribution in [0.1, 0.15) is 37.2 Å². The highest BCUT2D eigenvalue weighted by atomic mass is 19.1. The fourth-order valence-corrected chi connectivity index (χ4v) is 5.46. The molecule has 6 rings (SSSR count). The Balaban J connectivity index is 1.23. The van der Waals surface area contributed by atoms with Gasteiger partial charge in [-0.05, 0) is 43.1 Å². The summed E-state index contributed by atoms with van der Waals surface area (Å²) in [5.74, 6) is 3.03. The topological polar surface area (TPSA) is 75.0 Å². The predicted octanol–water partition coefficient (Wildman–Crippen LogP) is 4.56. The van der Waals surface area contributed by atoms with Crippen molar-refractivity contribution in [3.05, 3.63) is 59.7 Å². The zero-order valence-corrected chi connectivity index (χ0v) is 21.9. The lowest BCUT2D eigenvalue weighted by Gasteiger charge is -2.33. The first kappa shape index (κ1) is 25.3. The van der Waals surface area contributed by atoms with Gasteiger partial charge in [0.1, 0.15) is 22.9 Å². The monoisotopic (exact) mass is 528 g/mol. The van der Waals surface area contributed by atoms with Gasteiger partial charge < -0.3 is 14.8 Å². The van der Waals surface area contributed by atoms with E-state index in [1.165, 1.54) is 6.07 Å². The van der Waals surface area contributed by atoms with Crippen LogP contribution < -0.4 is 5.32 Å². The summed E-state index contributed by atoms with van der Waals surface area (Å²) in [7, 11) is 0. The van der Waals surface area contributed by atoms with Crippen molar-refractivity contribution in [3.8, 4) is 23.6 Å². The lowest BCUT2D eigenvalue weighted by Crippen LogP contribution is -2.45. The molecule has 2 aliphatic heterocycles. The molecule has 0 amide bonds. The number of hydrogen-bond acceptors (Lipinski definition) is 7. The molecule has 0 unspecified atom stereocenters. The molecule has 0 aliphatic carbocycles. The number of fused-ring (bicyclic) bond motifs is 3. The maximum absolute atomic E-state index is 15.1. The van der Waals surface area contributed by atoms with Gasteiger partial charge in [-0.1, -0.05) is 18.9 Å². The number of nitrogens with one attached hydrogen (secondary N) is 1. The molecule has 39 heavy (non-hydrogen) atoms.